The molecule has 0 aromatic heterocycles. The van der Waals surface area contributed by atoms with Crippen LogP contribution in [0.2, 0.25) is 0 Å². The molecular formula is C33H63N3O6. The summed E-state index contributed by atoms with van der Waals surface area (Å²) in [6.45, 7) is 7.30. The Kier molecular flexibility index (Phi) is 27.1. The Morgan fingerprint density at radius 3 is 1.60 bits per heavy atom. The first-order valence-electron chi connectivity index (χ1n) is 16.9. The predicted molar refractivity (Wildman–Crippen MR) is 170 cm³/mol. The van der Waals surface area contributed by atoms with E-state index in [9.17, 15) is 9.59 Å². The maximum absolute atomic E-state index is 12.0. The van der Waals surface area contributed by atoms with Crippen LogP contribution >= 0.6 is 0 Å². The van der Waals surface area contributed by atoms with Gasteiger partial charge in [0.25, 0.3) is 0 Å². The zero-order valence-electron chi connectivity index (χ0n) is 26.8. The number of unbranched alkanes of at least 4 members (excludes halogenated alkanes) is 12. The molecule has 1 amide bonds. The van der Waals surface area contributed by atoms with E-state index in [0.717, 1.165) is 37.9 Å². The summed E-state index contributed by atoms with van der Waals surface area (Å²) in [5.41, 5.74) is 8.11. The van der Waals surface area contributed by atoms with Crippen LogP contribution in [0.25, 0.3) is 0 Å². The molecule has 1 fully saturated rings. The fourth-order valence-electron chi connectivity index (χ4n) is 4.76. The van der Waals surface area contributed by atoms with Gasteiger partial charge < -0.3 is 35.3 Å². The number of amides is 1. The normalized spacial score (nSPS) is 12.8. The van der Waals surface area contributed by atoms with Gasteiger partial charge in [-0.05, 0) is 51.1 Å². The second-order valence-corrected chi connectivity index (χ2v) is 11.4. The summed E-state index contributed by atoms with van der Waals surface area (Å²) in [7, 11) is 0. The number of allylic oxidation sites excluding steroid dienone is 1. The van der Waals surface area contributed by atoms with Gasteiger partial charge in [-0.15, -0.1) is 0 Å². The number of ether oxygens (including phenoxy) is 4. The van der Waals surface area contributed by atoms with Crippen molar-refractivity contribution in [3.05, 3.63) is 11.3 Å². The number of rotatable bonds is 32. The molecule has 0 bridgehead atoms. The fourth-order valence-corrected chi connectivity index (χ4v) is 4.76. The van der Waals surface area contributed by atoms with Crippen molar-refractivity contribution in [3.63, 3.8) is 0 Å². The molecule has 1 saturated carbocycles. The van der Waals surface area contributed by atoms with Crippen LogP contribution in [0.4, 0.5) is 0 Å². The summed E-state index contributed by atoms with van der Waals surface area (Å²) in [5.74, 6) is 0.145. The number of nitrogens with one attached hydrogen (secondary N) is 2. The summed E-state index contributed by atoms with van der Waals surface area (Å²) in [5, 5.41) is 6.40. The van der Waals surface area contributed by atoms with Crippen LogP contribution in [0.5, 0.6) is 0 Å². The van der Waals surface area contributed by atoms with Gasteiger partial charge in [-0.25, -0.2) is 0 Å². The van der Waals surface area contributed by atoms with E-state index in [4.69, 9.17) is 24.7 Å². The van der Waals surface area contributed by atoms with Crippen molar-refractivity contribution in [3.8, 4) is 0 Å². The fraction of sp³-hybridized carbons (Fsp3) is 0.879. The van der Waals surface area contributed by atoms with Crippen molar-refractivity contribution in [2.45, 2.75) is 116 Å². The second-order valence-electron chi connectivity index (χ2n) is 11.4. The molecule has 0 heterocycles. The standard InChI is InChI=1S/C33H63N3O6/c1-30(37)28-41-26-24-39-22-20-35-32(31-16-15-17-31)29-42-27-25-40-23-21-36-33(38)18-13-11-9-7-5-3-2-4-6-8-10-12-14-19-34/h35H,2-29,34H2,1H3,(H,36,38). The minimum absolute atomic E-state index is 0.0226. The maximum Gasteiger partial charge on any atom is 0.220 e. The molecule has 0 unspecified atom stereocenters. The zero-order chi connectivity index (χ0) is 30.4. The Morgan fingerprint density at radius 1 is 0.619 bits per heavy atom. The van der Waals surface area contributed by atoms with E-state index in [1.807, 2.05) is 0 Å². The van der Waals surface area contributed by atoms with Gasteiger partial charge in [0, 0.05) is 25.2 Å². The second kappa shape index (κ2) is 29.5. The van der Waals surface area contributed by atoms with Gasteiger partial charge >= 0.3 is 0 Å². The molecule has 0 atom stereocenters. The van der Waals surface area contributed by atoms with Crippen molar-refractivity contribution in [2.24, 2.45) is 5.73 Å². The van der Waals surface area contributed by atoms with E-state index < -0.39 is 0 Å². The molecule has 246 valence electrons. The Morgan fingerprint density at radius 2 is 1.10 bits per heavy atom. The van der Waals surface area contributed by atoms with Crippen LogP contribution in [0, 0.1) is 0 Å². The molecule has 0 spiro atoms. The maximum atomic E-state index is 12.0. The molecule has 1 rings (SSSR count). The summed E-state index contributed by atoms with van der Waals surface area (Å²) in [4.78, 5) is 22.9. The van der Waals surface area contributed by atoms with Crippen LogP contribution < -0.4 is 16.4 Å². The molecule has 1 aliphatic rings. The van der Waals surface area contributed by atoms with Crippen molar-refractivity contribution >= 4 is 11.7 Å². The lowest BCUT2D eigenvalue weighted by Crippen LogP contribution is -2.28. The van der Waals surface area contributed by atoms with Crippen LogP contribution in [0.3, 0.4) is 0 Å². The molecule has 0 aromatic carbocycles. The first-order valence-corrected chi connectivity index (χ1v) is 16.9. The number of hydrogen-bond donors (Lipinski definition) is 3. The number of Topliss-reactive ketones (excluding diaryl/α,β-unsaturated/α-hetero) is 1. The molecular weight excluding hydrogens is 534 g/mol. The highest BCUT2D eigenvalue weighted by Gasteiger charge is 2.14. The summed E-state index contributed by atoms with van der Waals surface area (Å²) < 4.78 is 22.2. The molecule has 9 nitrogen and oxygen atoms in total. The van der Waals surface area contributed by atoms with Gasteiger partial charge in [0.2, 0.25) is 5.91 Å². The molecule has 1 aliphatic carbocycles. The smallest absolute Gasteiger partial charge is 0.220 e. The third kappa shape index (κ3) is 25.0. The largest absolute Gasteiger partial charge is 0.384 e. The van der Waals surface area contributed by atoms with E-state index in [0.29, 0.717) is 65.8 Å². The Balaban J connectivity index is 1.86. The molecule has 0 radical (unpaired) electrons. The number of hydrogen-bond acceptors (Lipinski definition) is 8. The van der Waals surface area contributed by atoms with E-state index in [2.05, 4.69) is 10.6 Å². The molecule has 0 saturated heterocycles. The first-order chi connectivity index (χ1) is 20.6. The zero-order valence-corrected chi connectivity index (χ0v) is 26.8. The summed E-state index contributed by atoms with van der Waals surface area (Å²) in [6.07, 6.45) is 20.7. The molecule has 4 N–H and O–H groups in total. The molecule has 0 aliphatic heterocycles. The van der Waals surface area contributed by atoms with E-state index in [1.165, 1.54) is 89.5 Å². The molecule has 0 aromatic rings. The average Bonchev–Trinajstić information content (AvgIpc) is 2.94. The quantitative estimate of drug-likeness (QED) is 0.0905. The van der Waals surface area contributed by atoms with E-state index >= 15 is 0 Å². The minimum atomic E-state index is 0.0226. The highest BCUT2D eigenvalue weighted by Crippen LogP contribution is 2.27. The van der Waals surface area contributed by atoms with Crippen LogP contribution in [-0.4, -0.2) is 84.2 Å². The average molecular weight is 598 g/mol. The molecule has 9 heteroatoms. The van der Waals surface area contributed by atoms with Gasteiger partial charge in [-0.2, -0.15) is 0 Å². The third-order valence-corrected chi connectivity index (χ3v) is 7.44. The number of carbonyl (C=O) groups is 2. The lowest BCUT2D eigenvalue weighted by atomic mass is 9.90. The lowest BCUT2D eigenvalue weighted by molar-refractivity contribution is -0.122. The van der Waals surface area contributed by atoms with Crippen LogP contribution in [-0.2, 0) is 28.5 Å². The van der Waals surface area contributed by atoms with Gasteiger partial charge in [0.05, 0.1) is 46.2 Å². The van der Waals surface area contributed by atoms with Crippen molar-refractivity contribution in [1.29, 1.82) is 0 Å². The SMILES string of the molecule is CC(=O)COCCOCCNC(COCCOCCNC(=O)CCCCCCCCCCCCCCCN)=C1CCC1. The molecule has 42 heavy (non-hydrogen) atoms. The van der Waals surface area contributed by atoms with Crippen molar-refractivity contribution in [1.82, 2.24) is 10.6 Å². The number of carbonyl (C=O) groups excluding carboxylic acids is 2. The highest BCUT2D eigenvalue weighted by atomic mass is 16.5. The lowest BCUT2D eigenvalue weighted by Gasteiger charge is -2.23. The Labute approximate surface area is 256 Å². The topological polar surface area (TPSA) is 121 Å². The van der Waals surface area contributed by atoms with Crippen molar-refractivity contribution < 1.29 is 28.5 Å². The highest BCUT2D eigenvalue weighted by molar-refractivity contribution is 5.76. The first kappa shape index (κ1) is 38.5. The van der Waals surface area contributed by atoms with Gasteiger partial charge in [0.15, 0.2) is 5.78 Å². The summed E-state index contributed by atoms with van der Waals surface area (Å²) in [6, 6.07) is 0. The monoisotopic (exact) mass is 597 g/mol. The van der Waals surface area contributed by atoms with E-state index in [1.54, 1.807) is 0 Å². The van der Waals surface area contributed by atoms with E-state index in [-0.39, 0.29) is 18.3 Å². The Hall–Kier alpha value is -1.52. The predicted octanol–water partition coefficient (Wildman–Crippen LogP) is 5.21. The van der Waals surface area contributed by atoms with Crippen LogP contribution in [0.1, 0.15) is 116 Å². The third-order valence-electron chi connectivity index (χ3n) is 7.44. The number of nitrogens with two attached hydrogens (primary N) is 1. The van der Waals surface area contributed by atoms with Crippen LogP contribution in [0.15, 0.2) is 11.3 Å². The summed E-state index contributed by atoms with van der Waals surface area (Å²) >= 11 is 0. The van der Waals surface area contributed by atoms with Crippen molar-refractivity contribution in [2.75, 3.05) is 72.5 Å². The van der Waals surface area contributed by atoms with Gasteiger partial charge in [-0.3, -0.25) is 9.59 Å². The van der Waals surface area contributed by atoms with Gasteiger partial charge in [0.1, 0.15) is 6.61 Å². The Bertz CT molecular complexity index is 683. The number of ketones is 1. The van der Waals surface area contributed by atoms with Gasteiger partial charge in [-0.1, -0.05) is 70.6 Å². The minimum Gasteiger partial charge on any atom is -0.384 e.